The zero-order chi connectivity index (χ0) is 11.7. The van der Waals surface area contributed by atoms with Crippen LogP contribution >= 0.6 is 11.6 Å². The maximum atomic E-state index is 10.2. The molecule has 0 fully saturated rings. The summed E-state index contributed by atoms with van der Waals surface area (Å²) in [7, 11) is 1.31. The van der Waals surface area contributed by atoms with Crippen molar-refractivity contribution >= 4 is 17.6 Å². The SMILES string of the molecule is CC(C)OC(C)C.COC(=O)C(C)Cl. The van der Waals surface area contributed by atoms with Crippen molar-refractivity contribution in [1.29, 1.82) is 0 Å². The molecule has 3 nitrogen and oxygen atoms in total. The quantitative estimate of drug-likeness (QED) is 0.546. The van der Waals surface area contributed by atoms with Gasteiger partial charge in [-0.1, -0.05) is 0 Å². The van der Waals surface area contributed by atoms with Crippen LogP contribution in [-0.2, 0) is 14.3 Å². The summed E-state index contributed by atoms with van der Waals surface area (Å²) in [4.78, 5) is 10.2. The van der Waals surface area contributed by atoms with Crippen LogP contribution in [0, 0.1) is 0 Å². The zero-order valence-electron chi connectivity index (χ0n) is 9.83. The van der Waals surface area contributed by atoms with Gasteiger partial charge in [-0.2, -0.15) is 0 Å². The Labute approximate surface area is 91.7 Å². The van der Waals surface area contributed by atoms with Crippen molar-refractivity contribution in [3.63, 3.8) is 0 Å². The molecule has 0 aliphatic carbocycles. The second-order valence-electron chi connectivity index (χ2n) is 3.37. The third-order valence-corrected chi connectivity index (χ3v) is 1.25. The average Bonchev–Trinajstić information content (AvgIpc) is 2.01. The zero-order valence-corrected chi connectivity index (χ0v) is 10.6. The van der Waals surface area contributed by atoms with Gasteiger partial charge in [0.1, 0.15) is 5.38 Å². The highest BCUT2D eigenvalue weighted by molar-refractivity contribution is 6.29. The number of carbonyl (C=O) groups excluding carboxylic acids is 1. The third kappa shape index (κ3) is 14.3. The molecule has 0 aliphatic heterocycles. The lowest BCUT2D eigenvalue weighted by Gasteiger charge is -2.09. The Balaban J connectivity index is 0. The monoisotopic (exact) mass is 224 g/mol. The number of hydrogen-bond acceptors (Lipinski definition) is 3. The molecule has 0 saturated heterocycles. The number of carbonyl (C=O) groups is 1. The van der Waals surface area contributed by atoms with Gasteiger partial charge in [-0.3, -0.25) is 4.79 Å². The summed E-state index contributed by atoms with van der Waals surface area (Å²) < 4.78 is 9.49. The third-order valence-electron chi connectivity index (χ3n) is 1.07. The van der Waals surface area contributed by atoms with Gasteiger partial charge in [0, 0.05) is 0 Å². The van der Waals surface area contributed by atoms with Gasteiger partial charge in [0.25, 0.3) is 0 Å². The maximum Gasteiger partial charge on any atom is 0.323 e. The van der Waals surface area contributed by atoms with E-state index in [1.165, 1.54) is 7.11 Å². The van der Waals surface area contributed by atoms with Gasteiger partial charge in [0.05, 0.1) is 19.3 Å². The number of methoxy groups -OCH3 is 1. The van der Waals surface area contributed by atoms with Crippen molar-refractivity contribution in [1.82, 2.24) is 0 Å². The molecule has 1 unspecified atom stereocenters. The fourth-order valence-electron chi connectivity index (χ4n) is 0.707. The van der Waals surface area contributed by atoms with Crippen molar-refractivity contribution in [2.24, 2.45) is 0 Å². The van der Waals surface area contributed by atoms with E-state index in [0.717, 1.165) is 0 Å². The van der Waals surface area contributed by atoms with E-state index in [2.05, 4.69) is 4.74 Å². The van der Waals surface area contributed by atoms with Gasteiger partial charge < -0.3 is 9.47 Å². The topological polar surface area (TPSA) is 35.5 Å². The predicted octanol–water partition coefficient (Wildman–Crippen LogP) is 2.61. The van der Waals surface area contributed by atoms with Crippen molar-refractivity contribution in [3.8, 4) is 0 Å². The number of rotatable bonds is 3. The minimum Gasteiger partial charge on any atom is -0.468 e. The lowest BCUT2D eigenvalue weighted by atomic mass is 10.4. The Morgan fingerprint density at radius 2 is 1.43 bits per heavy atom. The number of alkyl halides is 1. The molecule has 0 N–H and O–H groups in total. The number of hydrogen-bond donors (Lipinski definition) is 0. The smallest absolute Gasteiger partial charge is 0.323 e. The van der Waals surface area contributed by atoms with Crippen LogP contribution in [-0.4, -0.2) is 30.7 Å². The molecule has 0 spiro atoms. The summed E-state index contributed by atoms with van der Waals surface area (Å²) in [6, 6.07) is 0. The second-order valence-corrected chi connectivity index (χ2v) is 4.03. The molecule has 0 amide bonds. The van der Waals surface area contributed by atoms with Crippen LogP contribution in [0.2, 0.25) is 0 Å². The molecule has 0 radical (unpaired) electrons. The number of esters is 1. The first-order chi connectivity index (χ1) is 6.31. The van der Waals surface area contributed by atoms with E-state index in [9.17, 15) is 4.79 Å². The van der Waals surface area contributed by atoms with E-state index in [1.54, 1.807) is 6.92 Å². The minimum atomic E-state index is -0.523. The Bertz CT molecular complexity index is 138. The molecule has 0 bridgehead atoms. The highest BCUT2D eigenvalue weighted by Gasteiger charge is 2.06. The summed E-state index contributed by atoms with van der Waals surface area (Å²) in [6.07, 6.45) is 0.750. The first-order valence-electron chi connectivity index (χ1n) is 4.68. The molecule has 1 atom stereocenters. The lowest BCUT2D eigenvalue weighted by molar-refractivity contribution is -0.139. The largest absolute Gasteiger partial charge is 0.468 e. The standard InChI is InChI=1S/C6H14O.C4H7ClO2/c1-5(2)7-6(3)4;1-3(5)4(6)7-2/h5-6H,1-4H3;3H,1-2H3. The van der Waals surface area contributed by atoms with Crippen molar-refractivity contribution in [2.75, 3.05) is 7.11 Å². The summed E-state index contributed by atoms with van der Waals surface area (Å²) >= 11 is 5.25. The van der Waals surface area contributed by atoms with E-state index < -0.39 is 5.38 Å². The van der Waals surface area contributed by atoms with E-state index in [4.69, 9.17) is 16.3 Å². The fourth-order valence-corrected chi connectivity index (χ4v) is 0.796. The second kappa shape index (κ2) is 9.28. The van der Waals surface area contributed by atoms with Gasteiger partial charge >= 0.3 is 5.97 Å². The van der Waals surface area contributed by atoms with Crippen molar-refractivity contribution in [2.45, 2.75) is 52.2 Å². The normalized spacial score (nSPS) is 12.1. The lowest BCUT2D eigenvalue weighted by Crippen LogP contribution is -2.10. The first kappa shape index (κ1) is 16.2. The fraction of sp³-hybridized carbons (Fsp3) is 0.900. The number of halogens is 1. The highest BCUT2D eigenvalue weighted by Crippen LogP contribution is 1.93. The molecule has 0 aromatic rings. The summed E-state index contributed by atoms with van der Waals surface area (Å²) in [5.41, 5.74) is 0. The van der Waals surface area contributed by atoms with Crippen LogP contribution in [0.4, 0.5) is 0 Å². The molecule has 0 saturated carbocycles. The Morgan fingerprint density at radius 3 is 1.43 bits per heavy atom. The van der Waals surface area contributed by atoms with Crippen LogP contribution in [0.1, 0.15) is 34.6 Å². The molecule has 14 heavy (non-hydrogen) atoms. The van der Waals surface area contributed by atoms with Gasteiger partial charge in [-0.25, -0.2) is 0 Å². The molecule has 0 aromatic carbocycles. The van der Waals surface area contributed by atoms with Gasteiger partial charge in [-0.15, -0.1) is 11.6 Å². The average molecular weight is 225 g/mol. The predicted molar refractivity (Wildman–Crippen MR) is 58.7 cm³/mol. The molecule has 0 aliphatic rings. The molecule has 0 rings (SSSR count). The molecule has 0 aromatic heterocycles. The summed E-state index contributed by atoms with van der Waals surface area (Å²) in [6.45, 7) is 9.73. The van der Waals surface area contributed by atoms with E-state index in [1.807, 2.05) is 27.7 Å². The van der Waals surface area contributed by atoms with Crippen molar-refractivity contribution < 1.29 is 14.3 Å². The van der Waals surface area contributed by atoms with E-state index >= 15 is 0 Å². The number of ether oxygens (including phenoxy) is 2. The Kier molecular flexibility index (Phi) is 10.7. The Hall–Kier alpha value is -0.280. The molecular formula is C10H21ClO3. The first-order valence-corrected chi connectivity index (χ1v) is 5.12. The van der Waals surface area contributed by atoms with Gasteiger partial charge in [0.2, 0.25) is 0 Å². The van der Waals surface area contributed by atoms with Crippen LogP contribution in [0.25, 0.3) is 0 Å². The molecular weight excluding hydrogens is 204 g/mol. The van der Waals surface area contributed by atoms with Crippen molar-refractivity contribution in [3.05, 3.63) is 0 Å². The summed E-state index contributed by atoms with van der Waals surface area (Å²) in [5.74, 6) is -0.387. The highest BCUT2D eigenvalue weighted by atomic mass is 35.5. The molecule has 0 heterocycles. The van der Waals surface area contributed by atoms with Gasteiger partial charge in [0.15, 0.2) is 0 Å². The van der Waals surface area contributed by atoms with Crippen LogP contribution in [0.15, 0.2) is 0 Å². The molecule has 4 heteroatoms. The van der Waals surface area contributed by atoms with Gasteiger partial charge in [-0.05, 0) is 34.6 Å². The van der Waals surface area contributed by atoms with Crippen LogP contribution in [0.3, 0.4) is 0 Å². The van der Waals surface area contributed by atoms with E-state index in [-0.39, 0.29) is 5.97 Å². The minimum absolute atomic E-state index is 0.375. The molecule has 86 valence electrons. The maximum absolute atomic E-state index is 10.2. The van der Waals surface area contributed by atoms with Crippen LogP contribution < -0.4 is 0 Å². The van der Waals surface area contributed by atoms with E-state index in [0.29, 0.717) is 12.2 Å². The Morgan fingerprint density at radius 1 is 1.07 bits per heavy atom. The van der Waals surface area contributed by atoms with Crippen LogP contribution in [0.5, 0.6) is 0 Å². The summed E-state index contributed by atoms with van der Waals surface area (Å²) in [5, 5.41) is -0.523.